The summed E-state index contributed by atoms with van der Waals surface area (Å²) in [5.74, 6) is -5.08. The van der Waals surface area contributed by atoms with Crippen molar-refractivity contribution in [2.24, 2.45) is 23.7 Å². The predicted molar refractivity (Wildman–Crippen MR) is 214 cm³/mol. The summed E-state index contributed by atoms with van der Waals surface area (Å²) in [7, 11) is 5.24. The largest absolute Gasteiger partial charge is 0.459 e. The van der Waals surface area contributed by atoms with Crippen molar-refractivity contribution >= 4 is 17.5 Å². The first-order chi connectivity index (χ1) is 26.9. The number of ketones is 2. The molecule has 0 aromatic carbocycles. The molecule has 2 fully saturated rings. The summed E-state index contributed by atoms with van der Waals surface area (Å²) in [6.07, 6.45) is 5.01. The summed E-state index contributed by atoms with van der Waals surface area (Å²) in [5.41, 5.74) is -1.23. The topological polar surface area (TPSA) is 172 Å². The Morgan fingerprint density at radius 3 is 2.35 bits per heavy atom. The number of methoxy groups -OCH3 is 1. The minimum absolute atomic E-state index is 0.131. The van der Waals surface area contributed by atoms with Gasteiger partial charge in [0.05, 0.1) is 35.9 Å². The number of Topliss-reactive ketones (excluding diaryl/α,β-unsaturated/α-hetero) is 2. The number of aliphatic hydroxyl groups is 2. The number of carbonyl (C=O) groups excluding carboxylic acids is 3. The van der Waals surface area contributed by atoms with Gasteiger partial charge >= 0.3 is 5.97 Å². The van der Waals surface area contributed by atoms with Gasteiger partial charge in [0, 0.05) is 68.2 Å². The minimum atomic E-state index is -1.78. The number of pyridine rings is 1. The van der Waals surface area contributed by atoms with Crippen LogP contribution in [0.3, 0.4) is 0 Å². The quantitative estimate of drug-likeness (QED) is 0.160. The van der Waals surface area contributed by atoms with E-state index in [0.717, 1.165) is 30.6 Å². The van der Waals surface area contributed by atoms with Crippen molar-refractivity contribution < 1.29 is 48.3 Å². The van der Waals surface area contributed by atoms with Gasteiger partial charge in [-0.05, 0) is 92.4 Å². The van der Waals surface area contributed by atoms with Crippen molar-refractivity contribution in [2.45, 2.75) is 155 Å². The highest BCUT2D eigenvalue weighted by Crippen LogP contribution is 2.39. The van der Waals surface area contributed by atoms with E-state index in [9.17, 15) is 24.6 Å². The Balaban J connectivity index is 1.56. The maximum Gasteiger partial charge on any atom is 0.316 e. The minimum Gasteiger partial charge on any atom is -0.459 e. The fraction of sp³-hybridized carbons (Fsp3) is 0.744. The highest BCUT2D eigenvalue weighted by molar-refractivity contribution is 6.00. The number of aliphatic hydroxyl groups excluding tert-OH is 1. The number of imidazole rings is 1. The molecule has 0 radical (unpaired) electrons. The molecule has 2 N–H and O–H groups in total. The molecule has 0 saturated carbocycles. The van der Waals surface area contributed by atoms with E-state index in [0.29, 0.717) is 12.8 Å². The van der Waals surface area contributed by atoms with Crippen LogP contribution >= 0.6 is 0 Å². The molecule has 2 aliphatic heterocycles. The molecule has 13 atom stereocenters. The highest BCUT2D eigenvalue weighted by atomic mass is 16.7. The number of nitrogens with zero attached hydrogens (tertiary/aromatic N) is 4. The molecule has 2 aromatic heterocycles. The lowest BCUT2D eigenvalue weighted by atomic mass is 9.74. The summed E-state index contributed by atoms with van der Waals surface area (Å²) in [4.78, 5) is 53.0. The van der Waals surface area contributed by atoms with Crippen LogP contribution in [0.25, 0.3) is 11.3 Å². The summed E-state index contributed by atoms with van der Waals surface area (Å²) >= 11 is 0. The van der Waals surface area contributed by atoms with Crippen molar-refractivity contribution in [3.8, 4) is 11.3 Å². The Labute approximate surface area is 339 Å². The predicted octanol–water partition coefficient (Wildman–Crippen LogP) is 4.88. The fourth-order valence-electron chi connectivity index (χ4n) is 8.66. The third-order valence-corrected chi connectivity index (χ3v) is 12.2. The van der Waals surface area contributed by atoms with Gasteiger partial charge in [-0.25, -0.2) is 4.98 Å². The van der Waals surface area contributed by atoms with Gasteiger partial charge in [-0.1, -0.05) is 27.7 Å². The van der Waals surface area contributed by atoms with Gasteiger partial charge in [0.25, 0.3) is 0 Å². The van der Waals surface area contributed by atoms with E-state index >= 15 is 0 Å². The zero-order valence-corrected chi connectivity index (χ0v) is 35.9. The van der Waals surface area contributed by atoms with Crippen molar-refractivity contribution in [1.82, 2.24) is 19.4 Å². The maximum atomic E-state index is 14.4. The number of aryl methyl sites for hydroxylation is 1. The van der Waals surface area contributed by atoms with E-state index in [1.165, 1.54) is 21.0 Å². The Bertz CT molecular complexity index is 1600. The van der Waals surface area contributed by atoms with Gasteiger partial charge in [0.1, 0.15) is 29.5 Å². The zero-order chi connectivity index (χ0) is 42.2. The van der Waals surface area contributed by atoms with Crippen LogP contribution in [0.1, 0.15) is 93.9 Å². The Morgan fingerprint density at radius 2 is 1.72 bits per heavy atom. The van der Waals surface area contributed by atoms with Crippen LogP contribution in [-0.2, 0) is 44.6 Å². The molecule has 0 bridgehead atoms. The second kappa shape index (κ2) is 20.2. The Hall–Kier alpha value is -3.11. The summed E-state index contributed by atoms with van der Waals surface area (Å²) < 4.78 is 33.3. The van der Waals surface area contributed by atoms with Gasteiger partial charge in [-0.2, -0.15) is 0 Å². The molecule has 4 rings (SSSR count). The standard InChI is InChI=1S/C43H68N4O10/c1-12-34-43(8,52)39(54-20-15-13-14-19-47-24-32(45-25-47)31-17-16-18-44-23-31)28(4)35(48)26(2)22-42(7,53-11)38(29(5)36(49)30(6)40(51)56-34)57-41-37(50)33(46(9)10)21-27(3)55-41/h16-18,23-30,33-34,37-39,41,50,52H,12-15,19-22H2,1-11H3/t26-,27-,28-,29+,30-,33+,34+,37-,38-,39?,41+,42+,43-/m1/s1. The van der Waals surface area contributed by atoms with Crippen molar-refractivity contribution in [1.29, 1.82) is 0 Å². The number of rotatable bonds is 13. The lowest BCUT2D eigenvalue weighted by molar-refractivity contribution is -0.295. The molecule has 57 heavy (non-hydrogen) atoms. The second-order valence-corrected chi connectivity index (χ2v) is 17.0. The molecule has 2 aromatic rings. The van der Waals surface area contributed by atoms with Gasteiger partial charge in [-0.3, -0.25) is 19.4 Å². The molecule has 2 aliphatic rings. The maximum absolute atomic E-state index is 14.4. The van der Waals surface area contributed by atoms with E-state index in [-0.39, 0.29) is 37.4 Å². The second-order valence-electron chi connectivity index (χ2n) is 17.0. The molecule has 14 heteroatoms. The number of hydrogen-bond acceptors (Lipinski definition) is 13. The first kappa shape index (κ1) is 46.6. The molecular formula is C43H68N4O10. The molecular weight excluding hydrogens is 732 g/mol. The third-order valence-electron chi connectivity index (χ3n) is 12.2. The number of likely N-dealkylation sites (N-methyl/N-ethyl adjacent to an activating group) is 1. The van der Waals surface area contributed by atoms with Crippen LogP contribution in [0.15, 0.2) is 37.1 Å². The van der Waals surface area contributed by atoms with Crippen molar-refractivity contribution in [3.05, 3.63) is 37.1 Å². The molecule has 320 valence electrons. The number of unbranched alkanes of at least 4 members (excludes halogenated alkanes) is 2. The number of esters is 1. The van der Waals surface area contributed by atoms with Crippen LogP contribution in [0, 0.1) is 23.7 Å². The van der Waals surface area contributed by atoms with E-state index < -0.39 is 77.3 Å². The molecule has 0 spiro atoms. The number of aromatic nitrogens is 3. The van der Waals surface area contributed by atoms with Crippen LogP contribution < -0.4 is 0 Å². The van der Waals surface area contributed by atoms with Gasteiger partial charge in [-0.15, -0.1) is 0 Å². The van der Waals surface area contributed by atoms with Gasteiger partial charge in [0.2, 0.25) is 0 Å². The number of carbonyl (C=O) groups is 3. The lowest BCUT2D eigenvalue weighted by Gasteiger charge is -2.47. The zero-order valence-electron chi connectivity index (χ0n) is 35.9. The number of ether oxygens (including phenoxy) is 5. The van der Waals surface area contributed by atoms with Crippen molar-refractivity contribution in [2.75, 3.05) is 27.8 Å². The monoisotopic (exact) mass is 800 g/mol. The lowest BCUT2D eigenvalue weighted by Crippen LogP contribution is -2.60. The summed E-state index contributed by atoms with van der Waals surface area (Å²) in [6.45, 7) is 14.7. The first-order valence-corrected chi connectivity index (χ1v) is 20.6. The molecule has 14 nitrogen and oxygen atoms in total. The molecule has 0 aliphatic carbocycles. The smallest absolute Gasteiger partial charge is 0.316 e. The van der Waals surface area contributed by atoms with E-state index in [1.807, 2.05) is 48.8 Å². The molecule has 4 heterocycles. The van der Waals surface area contributed by atoms with Gasteiger partial charge < -0.3 is 43.4 Å². The van der Waals surface area contributed by atoms with E-state index in [4.69, 9.17) is 23.7 Å². The Morgan fingerprint density at radius 1 is 1.02 bits per heavy atom. The van der Waals surface area contributed by atoms with E-state index in [1.54, 1.807) is 53.3 Å². The summed E-state index contributed by atoms with van der Waals surface area (Å²) in [6, 6.07) is 3.57. The highest BCUT2D eigenvalue weighted by Gasteiger charge is 2.52. The van der Waals surface area contributed by atoms with Crippen LogP contribution in [0.4, 0.5) is 0 Å². The average Bonchev–Trinajstić information content (AvgIpc) is 3.66. The third kappa shape index (κ3) is 11.1. The summed E-state index contributed by atoms with van der Waals surface area (Å²) in [5, 5.41) is 23.6. The normalized spacial score (nSPS) is 36.2. The number of cyclic esters (lactones) is 1. The molecule has 1 unspecified atom stereocenters. The SMILES string of the molecule is CC[C@@H]1OC(=O)[C@H](C)C(=O)[C@H](C)[C@@H](O[C@@H]2O[C@H](C)C[C@H](N(C)C)[C@H]2O)[C@@](C)(OC)C[C@@H](C)C(=O)[C@@H](C)C(OCCCCCn2cnc(-c3cccnc3)c2)[C@]1(C)O. The van der Waals surface area contributed by atoms with Crippen LogP contribution in [0.5, 0.6) is 0 Å². The molecule has 0 amide bonds. The van der Waals surface area contributed by atoms with Crippen LogP contribution in [-0.4, -0.2) is 129 Å². The van der Waals surface area contributed by atoms with Crippen LogP contribution in [0.2, 0.25) is 0 Å². The average molecular weight is 801 g/mol. The molecule has 2 saturated heterocycles. The number of hydrogen-bond donors (Lipinski definition) is 2. The van der Waals surface area contributed by atoms with E-state index in [2.05, 4.69) is 9.97 Å². The fourth-order valence-corrected chi connectivity index (χ4v) is 8.66. The Kier molecular flexibility index (Phi) is 16.5. The van der Waals surface area contributed by atoms with Crippen molar-refractivity contribution in [3.63, 3.8) is 0 Å². The van der Waals surface area contributed by atoms with Gasteiger partial charge in [0.15, 0.2) is 12.1 Å². The first-order valence-electron chi connectivity index (χ1n) is 20.6.